The Kier molecular flexibility index (Phi) is 5.08. The molecule has 0 aliphatic heterocycles. The summed E-state index contributed by atoms with van der Waals surface area (Å²) in [5.74, 6) is -0.600. The third-order valence-electron chi connectivity index (χ3n) is 5.32. The number of hydrogen-bond donors (Lipinski definition) is 1. The molecule has 1 aliphatic rings. The Morgan fingerprint density at radius 1 is 1.13 bits per heavy atom. The molecule has 2 aromatic heterocycles. The first-order valence-corrected chi connectivity index (χ1v) is 11.2. The summed E-state index contributed by atoms with van der Waals surface area (Å²) in [5.41, 5.74) is 4.51. The van der Waals surface area contributed by atoms with Gasteiger partial charge in [0.25, 0.3) is 5.91 Å². The maximum Gasteiger partial charge on any atom is 0.338 e. The summed E-state index contributed by atoms with van der Waals surface area (Å²) in [6, 6.07) is 10.6. The van der Waals surface area contributed by atoms with Gasteiger partial charge in [0.1, 0.15) is 0 Å². The van der Waals surface area contributed by atoms with E-state index >= 15 is 0 Å². The van der Waals surface area contributed by atoms with Crippen LogP contribution in [0.4, 0.5) is 5.13 Å². The molecule has 0 atom stereocenters. The third-order valence-corrected chi connectivity index (χ3v) is 6.49. The van der Waals surface area contributed by atoms with Crippen LogP contribution in [0.15, 0.2) is 36.4 Å². The highest BCUT2D eigenvalue weighted by molar-refractivity contribution is 7.22. The van der Waals surface area contributed by atoms with Crippen molar-refractivity contribution in [1.29, 1.82) is 0 Å². The minimum Gasteiger partial charge on any atom is -0.462 e. The number of halogens is 1. The number of benzene rings is 2. The molecule has 0 radical (unpaired) electrons. The molecule has 0 unspecified atom stereocenters. The van der Waals surface area contributed by atoms with E-state index in [1.165, 1.54) is 11.3 Å². The van der Waals surface area contributed by atoms with Crippen molar-refractivity contribution < 1.29 is 14.3 Å². The largest absolute Gasteiger partial charge is 0.462 e. The Hall–Kier alpha value is -3.03. The molecule has 0 fully saturated rings. The monoisotopic (exact) mass is 451 g/mol. The maximum absolute atomic E-state index is 13.3. The van der Waals surface area contributed by atoms with Gasteiger partial charge in [-0.05, 0) is 68.1 Å². The van der Waals surface area contributed by atoms with Crippen LogP contribution in [0, 0.1) is 0 Å². The number of nitrogens with zero attached hydrogens (tertiary/aromatic N) is 2. The molecule has 1 amide bonds. The number of fused-ring (bicyclic) bond motifs is 3. The molecule has 0 saturated carbocycles. The second-order valence-electron chi connectivity index (χ2n) is 7.30. The molecule has 1 N–H and O–H groups in total. The average Bonchev–Trinajstić information content (AvgIpc) is 3.37. The molecule has 156 valence electrons. The maximum atomic E-state index is 13.3. The Labute approximate surface area is 187 Å². The van der Waals surface area contributed by atoms with Crippen molar-refractivity contribution in [3.8, 4) is 0 Å². The third kappa shape index (κ3) is 3.64. The quantitative estimate of drug-likeness (QED) is 0.419. The fourth-order valence-corrected chi connectivity index (χ4v) is 5.05. The lowest BCUT2D eigenvalue weighted by molar-refractivity contribution is 0.0526. The number of amides is 1. The highest BCUT2D eigenvalue weighted by atomic mass is 35.5. The van der Waals surface area contributed by atoms with E-state index in [0.717, 1.165) is 46.1 Å². The van der Waals surface area contributed by atoms with Gasteiger partial charge in [-0.1, -0.05) is 22.9 Å². The number of esters is 1. The molecule has 5 rings (SSSR count). The number of hydrogen-bond acceptors (Lipinski definition) is 6. The molecule has 2 heterocycles. The number of carbonyl (C=O) groups is 2. The zero-order chi connectivity index (χ0) is 21.5. The number of nitrogens with one attached hydrogen (secondary N) is 1. The number of anilines is 1. The van der Waals surface area contributed by atoms with E-state index in [1.54, 1.807) is 37.3 Å². The predicted octanol–water partition coefficient (Wildman–Crippen LogP) is 5.42. The summed E-state index contributed by atoms with van der Waals surface area (Å²) >= 11 is 7.53. The second kappa shape index (κ2) is 7.90. The first-order valence-electron chi connectivity index (χ1n) is 10.0. The van der Waals surface area contributed by atoms with Gasteiger partial charge in [-0.2, -0.15) is 0 Å². The summed E-state index contributed by atoms with van der Waals surface area (Å²) < 4.78 is 5.86. The summed E-state index contributed by atoms with van der Waals surface area (Å²) in [5, 5.41) is 4.73. The summed E-state index contributed by atoms with van der Waals surface area (Å²) in [6.07, 6.45) is 2.66. The zero-order valence-corrected chi connectivity index (χ0v) is 18.3. The summed E-state index contributed by atoms with van der Waals surface area (Å²) in [7, 11) is 0. The van der Waals surface area contributed by atoms with E-state index < -0.39 is 0 Å². The molecule has 31 heavy (non-hydrogen) atoms. The Bertz CT molecular complexity index is 1370. The van der Waals surface area contributed by atoms with E-state index in [9.17, 15) is 9.59 Å². The molecular weight excluding hydrogens is 434 g/mol. The van der Waals surface area contributed by atoms with E-state index in [2.05, 4.69) is 10.3 Å². The van der Waals surface area contributed by atoms with Crippen LogP contribution in [-0.2, 0) is 17.6 Å². The van der Waals surface area contributed by atoms with Gasteiger partial charge < -0.3 is 4.74 Å². The molecule has 0 saturated heterocycles. The summed E-state index contributed by atoms with van der Waals surface area (Å²) in [6.45, 7) is 2.08. The van der Waals surface area contributed by atoms with Crippen LogP contribution in [0.5, 0.6) is 0 Å². The fraction of sp³-hybridized carbons (Fsp3) is 0.217. The van der Waals surface area contributed by atoms with Crippen LogP contribution in [0.2, 0.25) is 5.02 Å². The van der Waals surface area contributed by atoms with E-state index in [0.29, 0.717) is 33.4 Å². The lowest BCUT2D eigenvalue weighted by atomic mass is 10.0. The van der Waals surface area contributed by atoms with Gasteiger partial charge in [-0.25, -0.2) is 9.78 Å². The molecule has 0 spiro atoms. The number of ether oxygens (including phenoxy) is 1. The van der Waals surface area contributed by atoms with Crippen molar-refractivity contribution >= 4 is 61.1 Å². The van der Waals surface area contributed by atoms with Crippen LogP contribution in [0.1, 0.15) is 45.3 Å². The first kappa shape index (κ1) is 19.9. The average molecular weight is 452 g/mol. The lowest BCUT2D eigenvalue weighted by Gasteiger charge is -2.12. The van der Waals surface area contributed by atoms with Crippen molar-refractivity contribution in [2.24, 2.45) is 0 Å². The van der Waals surface area contributed by atoms with Crippen molar-refractivity contribution in [3.05, 3.63) is 63.8 Å². The van der Waals surface area contributed by atoms with Crippen LogP contribution in [0.25, 0.3) is 21.1 Å². The van der Waals surface area contributed by atoms with Gasteiger partial charge in [0, 0.05) is 16.1 Å². The van der Waals surface area contributed by atoms with E-state index in [1.807, 2.05) is 6.07 Å². The van der Waals surface area contributed by atoms with Crippen LogP contribution in [0.3, 0.4) is 0 Å². The van der Waals surface area contributed by atoms with Gasteiger partial charge in [-0.15, -0.1) is 0 Å². The minimum atomic E-state index is -0.376. The van der Waals surface area contributed by atoms with Gasteiger partial charge in [-0.3, -0.25) is 15.1 Å². The Balaban J connectivity index is 1.52. The lowest BCUT2D eigenvalue weighted by Crippen LogP contribution is -2.15. The molecule has 0 bridgehead atoms. The molecule has 2 aromatic carbocycles. The normalized spacial score (nSPS) is 12.8. The highest BCUT2D eigenvalue weighted by Crippen LogP contribution is 2.33. The zero-order valence-electron chi connectivity index (χ0n) is 16.7. The van der Waals surface area contributed by atoms with Gasteiger partial charge in [0.2, 0.25) is 0 Å². The molecular formula is C23H18ClN3O3S. The number of pyridine rings is 1. The van der Waals surface area contributed by atoms with Gasteiger partial charge in [0.15, 0.2) is 5.13 Å². The molecule has 1 aliphatic carbocycles. The second-order valence-corrected chi connectivity index (χ2v) is 8.77. The number of carbonyl (C=O) groups excluding carboxylic acids is 2. The Morgan fingerprint density at radius 2 is 1.97 bits per heavy atom. The Morgan fingerprint density at radius 3 is 2.81 bits per heavy atom. The topological polar surface area (TPSA) is 81.2 Å². The number of thiazole rings is 1. The predicted molar refractivity (Wildman–Crippen MR) is 122 cm³/mol. The summed E-state index contributed by atoms with van der Waals surface area (Å²) in [4.78, 5) is 34.6. The van der Waals surface area contributed by atoms with Crippen LogP contribution >= 0.6 is 22.9 Å². The highest BCUT2D eigenvalue weighted by Gasteiger charge is 2.24. The van der Waals surface area contributed by atoms with E-state index in [4.69, 9.17) is 21.3 Å². The standard InChI is InChI=1S/C23H18ClN3O3S/c1-2-30-22(29)12-6-8-18-19(10-12)31-23(26-18)27-21(28)20-14-4-3-5-16(14)25-17-9-7-13(24)11-15(17)20/h6-11H,2-5H2,1H3,(H,26,27,28). The smallest absolute Gasteiger partial charge is 0.338 e. The SMILES string of the molecule is CCOC(=O)c1ccc2nc(NC(=O)c3c4c(nc5ccc(Cl)cc35)CCC4)sc2c1. The van der Waals surface area contributed by atoms with E-state index in [-0.39, 0.29) is 11.9 Å². The van der Waals surface area contributed by atoms with Gasteiger partial charge >= 0.3 is 5.97 Å². The number of rotatable bonds is 4. The number of aryl methyl sites for hydroxylation is 1. The molecule has 6 nitrogen and oxygen atoms in total. The number of aromatic nitrogens is 2. The van der Waals surface area contributed by atoms with Crippen molar-refractivity contribution in [3.63, 3.8) is 0 Å². The fourth-order valence-electron chi connectivity index (χ4n) is 3.97. The molecule has 4 aromatic rings. The van der Waals surface area contributed by atoms with Gasteiger partial charge in [0.05, 0.1) is 33.5 Å². The van der Waals surface area contributed by atoms with Crippen molar-refractivity contribution in [2.45, 2.75) is 26.2 Å². The van der Waals surface area contributed by atoms with Crippen LogP contribution in [-0.4, -0.2) is 28.5 Å². The van der Waals surface area contributed by atoms with Crippen LogP contribution < -0.4 is 5.32 Å². The first-order chi connectivity index (χ1) is 15.0. The molecule has 8 heteroatoms. The minimum absolute atomic E-state index is 0.225. The van der Waals surface area contributed by atoms with Crippen molar-refractivity contribution in [2.75, 3.05) is 11.9 Å². The van der Waals surface area contributed by atoms with Crippen molar-refractivity contribution in [1.82, 2.24) is 9.97 Å².